The molecule has 0 aromatic rings. The van der Waals surface area contributed by atoms with Gasteiger partial charge in [0, 0.05) is 25.0 Å². The van der Waals surface area contributed by atoms with Gasteiger partial charge in [-0.2, -0.15) is 0 Å². The van der Waals surface area contributed by atoms with Crippen molar-refractivity contribution < 1.29 is 9.59 Å². The molecule has 4 fully saturated rings. The normalized spacial score (nSPS) is 43.2. The molecule has 1 aliphatic heterocycles. The first-order valence-electron chi connectivity index (χ1n) is 9.14. The van der Waals surface area contributed by atoms with Gasteiger partial charge in [0.1, 0.15) is 0 Å². The quantitative estimate of drug-likeness (QED) is 0.869. The summed E-state index contributed by atoms with van der Waals surface area (Å²) in [5.41, 5.74) is 0. The molecular weight excluding hydrogens is 276 g/mol. The van der Waals surface area contributed by atoms with Crippen molar-refractivity contribution >= 4 is 11.8 Å². The molecule has 4 rings (SSSR count). The molecule has 0 spiro atoms. The van der Waals surface area contributed by atoms with Gasteiger partial charge in [0.15, 0.2) is 0 Å². The molecule has 1 heterocycles. The van der Waals surface area contributed by atoms with Gasteiger partial charge in [-0.1, -0.05) is 6.42 Å². The van der Waals surface area contributed by atoms with E-state index < -0.39 is 0 Å². The molecule has 0 unspecified atom stereocenters. The molecule has 4 nitrogen and oxygen atoms in total. The molecule has 3 aliphatic carbocycles. The number of nitrogens with one attached hydrogen (secondary N) is 1. The van der Waals surface area contributed by atoms with Crippen molar-refractivity contribution in [1.29, 1.82) is 0 Å². The zero-order chi connectivity index (χ0) is 15.4. The molecule has 4 aliphatic rings. The first-order chi connectivity index (χ1) is 10.5. The topological polar surface area (TPSA) is 49.4 Å². The molecule has 22 heavy (non-hydrogen) atoms. The molecule has 0 radical (unpaired) electrons. The van der Waals surface area contributed by atoms with Crippen LogP contribution >= 0.6 is 0 Å². The zero-order valence-electron chi connectivity index (χ0n) is 13.8. The van der Waals surface area contributed by atoms with Gasteiger partial charge in [0.2, 0.25) is 11.8 Å². The Hall–Kier alpha value is -1.06. The van der Waals surface area contributed by atoms with E-state index in [-0.39, 0.29) is 23.8 Å². The summed E-state index contributed by atoms with van der Waals surface area (Å²) in [7, 11) is 0. The van der Waals surface area contributed by atoms with E-state index in [4.69, 9.17) is 0 Å². The lowest BCUT2D eigenvalue weighted by atomic mass is 9.79. The summed E-state index contributed by atoms with van der Waals surface area (Å²) in [6.07, 6.45) is 7.11. The van der Waals surface area contributed by atoms with Crippen LogP contribution in [0.5, 0.6) is 0 Å². The van der Waals surface area contributed by atoms with Gasteiger partial charge in [0.05, 0.1) is 5.92 Å². The summed E-state index contributed by atoms with van der Waals surface area (Å²) < 4.78 is 0. The van der Waals surface area contributed by atoms with Crippen LogP contribution in [-0.4, -0.2) is 35.3 Å². The van der Waals surface area contributed by atoms with Crippen LogP contribution in [0.3, 0.4) is 0 Å². The summed E-state index contributed by atoms with van der Waals surface area (Å²) in [6, 6.07) is 0.590. The monoisotopic (exact) mass is 304 g/mol. The van der Waals surface area contributed by atoms with Crippen molar-refractivity contribution in [2.24, 2.45) is 29.6 Å². The third-order valence-electron chi connectivity index (χ3n) is 6.91. The Morgan fingerprint density at radius 2 is 1.95 bits per heavy atom. The largest absolute Gasteiger partial charge is 0.353 e. The number of carbonyl (C=O) groups is 2. The van der Waals surface area contributed by atoms with Gasteiger partial charge in [-0.05, 0) is 63.2 Å². The lowest BCUT2D eigenvalue weighted by molar-refractivity contribution is -0.130. The highest BCUT2D eigenvalue weighted by molar-refractivity contribution is 5.89. The van der Waals surface area contributed by atoms with Crippen LogP contribution in [0, 0.1) is 29.6 Å². The van der Waals surface area contributed by atoms with Crippen LogP contribution in [0.2, 0.25) is 0 Å². The van der Waals surface area contributed by atoms with E-state index in [0.717, 1.165) is 23.7 Å². The smallest absolute Gasteiger partial charge is 0.225 e. The highest BCUT2D eigenvalue weighted by Crippen LogP contribution is 2.58. The number of fused-ring (bicyclic) bond motifs is 5. The fourth-order valence-corrected chi connectivity index (χ4v) is 5.94. The number of carbonyl (C=O) groups excluding carboxylic acids is 2. The van der Waals surface area contributed by atoms with Crippen molar-refractivity contribution in [3.8, 4) is 0 Å². The Morgan fingerprint density at radius 1 is 1.18 bits per heavy atom. The van der Waals surface area contributed by atoms with Gasteiger partial charge in [0.25, 0.3) is 0 Å². The molecule has 3 saturated carbocycles. The number of amides is 2. The van der Waals surface area contributed by atoms with Crippen LogP contribution in [0.15, 0.2) is 0 Å². The number of rotatable bonds is 3. The van der Waals surface area contributed by atoms with Crippen LogP contribution in [-0.2, 0) is 9.59 Å². The van der Waals surface area contributed by atoms with E-state index in [1.165, 1.54) is 32.1 Å². The van der Waals surface area contributed by atoms with Gasteiger partial charge in [-0.3, -0.25) is 9.59 Å². The molecular formula is C18H28N2O2. The molecule has 1 saturated heterocycles. The molecule has 0 aromatic carbocycles. The number of hydrogen-bond donors (Lipinski definition) is 1. The summed E-state index contributed by atoms with van der Waals surface area (Å²) in [6.45, 7) is 4.65. The molecule has 4 heteroatoms. The minimum absolute atomic E-state index is 0.128. The van der Waals surface area contributed by atoms with Crippen LogP contribution in [0.1, 0.15) is 52.4 Å². The lowest BCUT2D eigenvalue weighted by Gasteiger charge is -2.32. The van der Waals surface area contributed by atoms with Crippen LogP contribution in [0.4, 0.5) is 0 Å². The van der Waals surface area contributed by atoms with Crippen molar-refractivity contribution in [2.75, 3.05) is 6.54 Å². The van der Waals surface area contributed by atoms with Gasteiger partial charge < -0.3 is 10.2 Å². The molecule has 0 aromatic heterocycles. The Kier molecular flexibility index (Phi) is 3.46. The molecule has 6 atom stereocenters. The lowest BCUT2D eigenvalue weighted by Crippen LogP contribution is -2.45. The summed E-state index contributed by atoms with van der Waals surface area (Å²) in [5, 5.41) is 3.33. The summed E-state index contributed by atoms with van der Waals surface area (Å²) in [5.74, 6) is 3.56. The maximum absolute atomic E-state index is 12.6. The predicted molar refractivity (Wildman–Crippen MR) is 83.9 cm³/mol. The molecule has 2 bridgehead atoms. The average molecular weight is 304 g/mol. The Bertz CT molecular complexity index is 489. The fraction of sp³-hybridized carbons (Fsp3) is 0.889. The van der Waals surface area contributed by atoms with E-state index >= 15 is 0 Å². The van der Waals surface area contributed by atoms with Gasteiger partial charge in [-0.25, -0.2) is 0 Å². The van der Waals surface area contributed by atoms with Gasteiger partial charge >= 0.3 is 0 Å². The number of hydrogen-bond acceptors (Lipinski definition) is 2. The van der Waals surface area contributed by atoms with E-state index in [2.05, 4.69) is 5.32 Å². The second-order valence-electron chi connectivity index (χ2n) is 8.31. The zero-order valence-corrected chi connectivity index (χ0v) is 13.8. The third kappa shape index (κ3) is 2.17. The van der Waals surface area contributed by atoms with E-state index in [1.54, 1.807) is 0 Å². The first-order valence-corrected chi connectivity index (χ1v) is 9.14. The van der Waals surface area contributed by atoms with E-state index in [1.807, 2.05) is 18.7 Å². The SMILES string of the molecule is CC(C)N1C[C@H](C(=O)N[C@@H]2C[C@H]3C[C@H]2[C@H]2CCC[C@H]32)CC1=O. The predicted octanol–water partition coefficient (Wildman–Crippen LogP) is 2.18. The maximum atomic E-state index is 12.6. The second kappa shape index (κ2) is 5.24. The highest BCUT2D eigenvalue weighted by atomic mass is 16.2. The summed E-state index contributed by atoms with van der Waals surface area (Å²) in [4.78, 5) is 26.4. The number of likely N-dealkylation sites (tertiary alicyclic amines) is 1. The van der Waals surface area contributed by atoms with E-state index in [9.17, 15) is 9.59 Å². The molecule has 122 valence electrons. The van der Waals surface area contributed by atoms with Crippen molar-refractivity contribution in [1.82, 2.24) is 10.2 Å². The molecule has 1 N–H and O–H groups in total. The standard InChI is InChI=1S/C18H28N2O2/c1-10(2)20-9-12(8-17(20)21)18(22)19-16-7-11-6-15(16)14-5-3-4-13(11)14/h10-16H,3-9H2,1-2H3,(H,19,22)/t11-,12-,13-,14+,15+,16-/m1/s1. The Morgan fingerprint density at radius 3 is 2.68 bits per heavy atom. The third-order valence-corrected chi connectivity index (χ3v) is 6.91. The van der Waals surface area contributed by atoms with Crippen LogP contribution in [0.25, 0.3) is 0 Å². The minimum Gasteiger partial charge on any atom is -0.353 e. The average Bonchev–Trinajstić information content (AvgIpc) is 3.17. The Labute approximate surface area is 133 Å². The highest BCUT2D eigenvalue weighted by Gasteiger charge is 2.54. The van der Waals surface area contributed by atoms with Gasteiger partial charge in [-0.15, -0.1) is 0 Å². The van der Waals surface area contributed by atoms with Crippen molar-refractivity contribution in [3.05, 3.63) is 0 Å². The fourth-order valence-electron chi connectivity index (χ4n) is 5.94. The Balaban J connectivity index is 1.37. The van der Waals surface area contributed by atoms with E-state index in [0.29, 0.717) is 19.0 Å². The summed E-state index contributed by atoms with van der Waals surface area (Å²) >= 11 is 0. The maximum Gasteiger partial charge on any atom is 0.225 e. The minimum atomic E-state index is -0.131. The van der Waals surface area contributed by atoms with Crippen molar-refractivity contribution in [2.45, 2.75) is 64.5 Å². The second-order valence-corrected chi connectivity index (χ2v) is 8.31. The first kappa shape index (κ1) is 14.5. The number of nitrogens with zero attached hydrogens (tertiary/aromatic N) is 1. The van der Waals surface area contributed by atoms with Crippen LogP contribution < -0.4 is 5.32 Å². The van der Waals surface area contributed by atoms with Crippen molar-refractivity contribution in [3.63, 3.8) is 0 Å². The molecule has 2 amide bonds.